The molecule has 3 nitrogen and oxygen atoms in total. The molecule has 0 bridgehead atoms. The van der Waals surface area contributed by atoms with Crippen molar-refractivity contribution < 1.29 is 4.42 Å². The zero-order valence-electron chi connectivity index (χ0n) is 11.9. The number of furan rings is 1. The van der Waals surface area contributed by atoms with Gasteiger partial charge in [0.2, 0.25) is 0 Å². The Bertz CT molecular complexity index is 505. The summed E-state index contributed by atoms with van der Waals surface area (Å²) in [5, 5.41) is 3.16. The van der Waals surface area contributed by atoms with Crippen LogP contribution in [0.2, 0.25) is 0 Å². The molecule has 0 atom stereocenters. The van der Waals surface area contributed by atoms with Gasteiger partial charge in [-0.2, -0.15) is 0 Å². The zero-order valence-corrected chi connectivity index (χ0v) is 11.9. The molecule has 3 heteroatoms. The highest BCUT2D eigenvalue weighted by atomic mass is 16.3. The van der Waals surface area contributed by atoms with E-state index < -0.39 is 0 Å². The molecule has 102 valence electrons. The van der Waals surface area contributed by atoms with Crippen molar-refractivity contribution in [1.82, 2.24) is 10.2 Å². The Morgan fingerprint density at radius 1 is 1.16 bits per heavy atom. The summed E-state index contributed by atoms with van der Waals surface area (Å²) in [6, 6.07) is 12.6. The maximum atomic E-state index is 5.79. The average Bonchev–Trinajstić information content (AvgIpc) is 2.71. The van der Waals surface area contributed by atoms with Crippen LogP contribution in [0.4, 0.5) is 0 Å². The Labute approximate surface area is 115 Å². The summed E-state index contributed by atoms with van der Waals surface area (Å²) in [5.74, 6) is 2.04. The lowest BCUT2D eigenvalue weighted by Gasteiger charge is -2.14. The van der Waals surface area contributed by atoms with Crippen molar-refractivity contribution in [3.63, 3.8) is 0 Å². The van der Waals surface area contributed by atoms with Gasteiger partial charge in [0.05, 0.1) is 6.54 Å². The van der Waals surface area contributed by atoms with Gasteiger partial charge in [0.15, 0.2) is 0 Å². The summed E-state index contributed by atoms with van der Waals surface area (Å²) in [6.45, 7) is 4.65. The zero-order chi connectivity index (χ0) is 13.7. The summed E-state index contributed by atoms with van der Waals surface area (Å²) in [4.78, 5) is 2.26. The van der Waals surface area contributed by atoms with Crippen molar-refractivity contribution in [1.29, 1.82) is 0 Å². The van der Waals surface area contributed by atoms with Gasteiger partial charge in [-0.25, -0.2) is 0 Å². The Balaban J connectivity index is 1.95. The van der Waals surface area contributed by atoms with Crippen molar-refractivity contribution in [2.75, 3.05) is 14.1 Å². The molecule has 0 aliphatic rings. The van der Waals surface area contributed by atoms with E-state index in [1.807, 2.05) is 20.0 Å². The third kappa shape index (κ3) is 3.94. The van der Waals surface area contributed by atoms with E-state index in [4.69, 9.17) is 4.42 Å². The molecule has 1 aromatic heterocycles. The lowest BCUT2D eigenvalue weighted by atomic mass is 10.2. The minimum absolute atomic E-state index is 0.833. The Kier molecular flexibility index (Phi) is 4.77. The minimum Gasteiger partial charge on any atom is -0.465 e. The van der Waals surface area contributed by atoms with Gasteiger partial charge in [0.25, 0.3) is 0 Å². The van der Waals surface area contributed by atoms with Gasteiger partial charge in [-0.1, -0.05) is 30.3 Å². The number of hydrogen-bond acceptors (Lipinski definition) is 3. The maximum Gasteiger partial charge on any atom is 0.118 e. The first-order valence-electron chi connectivity index (χ1n) is 6.64. The molecule has 0 spiro atoms. The van der Waals surface area contributed by atoms with Crippen LogP contribution in [0.5, 0.6) is 0 Å². The van der Waals surface area contributed by atoms with E-state index in [1.54, 1.807) is 0 Å². The van der Waals surface area contributed by atoms with E-state index >= 15 is 0 Å². The third-order valence-electron chi connectivity index (χ3n) is 3.16. The van der Waals surface area contributed by atoms with Crippen LogP contribution in [0.3, 0.4) is 0 Å². The fraction of sp³-hybridized carbons (Fsp3) is 0.375. The van der Waals surface area contributed by atoms with Crippen molar-refractivity contribution in [3.8, 4) is 0 Å². The number of rotatable bonds is 6. The van der Waals surface area contributed by atoms with E-state index in [-0.39, 0.29) is 0 Å². The highest BCUT2D eigenvalue weighted by Crippen LogP contribution is 2.16. The predicted octanol–water partition coefficient (Wildman–Crippen LogP) is 2.94. The molecule has 1 heterocycles. The molecule has 0 saturated carbocycles. The lowest BCUT2D eigenvalue weighted by Crippen LogP contribution is -2.16. The predicted molar refractivity (Wildman–Crippen MR) is 77.8 cm³/mol. The van der Waals surface area contributed by atoms with Crippen LogP contribution in [-0.2, 0) is 19.6 Å². The molecule has 2 rings (SSSR count). The van der Waals surface area contributed by atoms with Crippen molar-refractivity contribution in [3.05, 3.63) is 59.0 Å². The second-order valence-electron chi connectivity index (χ2n) is 4.98. The molecule has 0 aliphatic heterocycles. The Hall–Kier alpha value is -1.58. The quantitative estimate of drug-likeness (QED) is 0.863. The van der Waals surface area contributed by atoms with E-state index in [0.29, 0.717) is 0 Å². The SMILES string of the molecule is CNCc1cc(CN(C)Cc2ccccc2)oc1C. The van der Waals surface area contributed by atoms with Crippen molar-refractivity contribution >= 4 is 0 Å². The van der Waals surface area contributed by atoms with Crippen LogP contribution in [0.25, 0.3) is 0 Å². The Morgan fingerprint density at radius 2 is 1.89 bits per heavy atom. The first kappa shape index (κ1) is 13.8. The van der Waals surface area contributed by atoms with Gasteiger partial charge in [-0.15, -0.1) is 0 Å². The molecule has 19 heavy (non-hydrogen) atoms. The van der Waals surface area contributed by atoms with Crippen LogP contribution < -0.4 is 5.32 Å². The van der Waals surface area contributed by atoms with Gasteiger partial charge in [-0.3, -0.25) is 4.90 Å². The van der Waals surface area contributed by atoms with E-state index in [9.17, 15) is 0 Å². The topological polar surface area (TPSA) is 28.4 Å². The summed E-state index contributed by atoms with van der Waals surface area (Å²) in [7, 11) is 4.07. The number of aryl methyl sites for hydroxylation is 1. The summed E-state index contributed by atoms with van der Waals surface area (Å²) in [5.41, 5.74) is 2.56. The van der Waals surface area contributed by atoms with Crippen LogP contribution >= 0.6 is 0 Å². The van der Waals surface area contributed by atoms with Gasteiger partial charge >= 0.3 is 0 Å². The largest absolute Gasteiger partial charge is 0.465 e. The number of nitrogens with one attached hydrogen (secondary N) is 1. The smallest absolute Gasteiger partial charge is 0.118 e. The molecule has 0 radical (unpaired) electrons. The molecule has 0 amide bonds. The molecular weight excluding hydrogens is 236 g/mol. The van der Waals surface area contributed by atoms with Crippen molar-refractivity contribution in [2.24, 2.45) is 0 Å². The number of nitrogens with zero attached hydrogens (tertiary/aromatic N) is 1. The molecule has 0 saturated heterocycles. The molecule has 0 aliphatic carbocycles. The van der Waals surface area contributed by atoms with Crippen molar-refractivity contribution in [2.45, 2.75) is 26.6 Å². The summed E-state index contributed by atoms with van der Waals surface area (Å²) in [6.07, 6.45) is 0. The van der Waals surface area contributed by atoms with Crippen LogP contribution in [0.15, 0.2) is 40.8 Å². The standard InChI is InChI=1S/C16H22N2O/c1-13-15(10-17-2)9-16(19-13)12-18(3)11-14-7-5-4-6-8-14/h4-9,17H,10-12H2,1-3H3. The van der Waals surface area contributed by atoms with E-state index in [2.05, 4.69) is 47.6 Å². The summed E-state index contributed by atoms with van der Waals surface area (Å²) < 4.78 is 5.79. The van der Waals surface area contributed by atoms with Gasteiger partial charge < -0.3 is 9.73 Å². The minimum atomic E-state index is 0.833. The third-order valence-corrected chi connectivity index (χ3v) is 3.16. The second kappa shape index (κ2) is 6.55. The Morgan fingerprint density at radius 3 is 2.58 bits per heavy atom. The highest BCUT2D eigenvalue weighted by Gasteiger charge is 2.09. The summed E-state index contributed by atoms with van der Waals surface area (Å²) >= 11 is 0. The van der Waals surface area contributed by atoms with E-state index in [0.717, 1.165) is 31.2 Å². The second-order valence-corrected chi connectivity index (χ2v) is 4.98. The number of hydrogen-bond donors (Lipinski definition) is 1. The first-order chi connectivity index (χ1) is 9.19. The first-order valence-corrected chi connectivity index (χ1v) is 6.64. The average molecular weight is 258 g/mol. The van der Waals surface area contributed by atoms with Crippen LogP contribution in [0.1, 0.15) is 22.6 Å². The fourth-order valence-corrected chi connectivity index (χ4v) is 2.25. The van der Waals surface area contributed by atoms with Gasteiger partial charge in [-0.05, 0) is 32.6 Å². The van der Waals surface area contributed by atoms with E-state index in [1.165, 1.54) is 11.1 Å². The molecule has 1 N–H and O–H groups in total. The molecule has 0 fully saturated rings. The van der Waals surface area contributed by atoms with Gasteiger partial charge in [0.1, 0.15) is 11.5 Å². The molecular formula is C16H22N2O. The molecule has 0 unspecified atom stereocenters. The normalized spacial score (nSPS) is 11.2. The van der Waals surface area contributed by atoms with Crippen LogP contribution in [0, 0.1) is 6.92 Å². The van der Waals surface area contributed by atoms with Gasteiger partial charge in [0, 0.05) is 18.7 Å². The monoisotopic (exact) mass is 258 g/mol. The highest BCUT2D eigenvalue weighted by molar-refractivity contribution is 5.21. The lowest BCUT2D eigenvalue weighted by molar-refractivity contribution is 0.285. The molecule has 1 aromatic carbocycles. The fourth-order valence-electron chi connectivity index (χ4n) is 2.25. The molecule has 2 aromatic rings. The van der Waals surface area contributed by atoms with Crippen LogP contribution in [-0.4, -0.2) is 19.0 Å². The number of benzene rings is 1. The maximum absolute atomic E-state index is 5.79.